The monoisotopic (exact) mass is 228 g/mol. The normalized spacial score (nSPS) is 14.2. The largest absolute Gasteiger partial charge is 0.369 e. The summed E-state index contributed by atoms with van der Waals surface area (Å²) in [6, 6.07) is 4.47. The molecular weight excluding hydrogens is 212 g/mol. The van der Waals surface area contributed by atoms with Crippen molar-refractivity contribution in [3.63, 3.8) is 0 Å². The number of nitrogens with two attached hydrogens (primary N) is 1. The Morgan fingerprint density at radius 2 is 2.06 bits per heavy atom. The molecular formula is C14H16N2O. The summed E-state index contributed by atoms with van der Waals surface area (Å²) in [5.41, 5.74) is 11.4. The molecule has 0 saturated heterocycles. The summed E-state index contributed by atoms with van der Waals surface area (Å²) in [6.45, 7) is 2.00. The fourth-order valence-corrected chi connectivity index (χ4v) is 2.86. The van der Waals surface area contributed by atoms with Crippen LogP contribution in [0.2, 0.25) is 0 Å². The van der Waals surface area contributed by atoms with Crippen LogP contribution in [0, 0.1) is 6.92 Å². The van der Waals surface area contributed by atoms with Crippen molar-refractivity contribution in [3.05, 3.63) is 34.5 Å². The lowest BCUT2D eigenvalue weighted by atomic mass is 10.0. The molecule has 3 heteroatoms. The average molecular weight is 228 g/mol. The summed E-state index contributed by atoms with van der Waals surface area (Å²) >= 11 is 0. The van der Waals surface area contributed by atoms with Crippen LogP contribution in [-0.2, 0) is 24.1 Å². The van der Waals surface area contributed by atoms with Gasteiger partial charge in [0.25, 0.3) is 0 Å². The van der Waals surface area contributed by atoms with Crippen LogP contribution in [0.3, 0.4) is 0 Å². The number of primary amides is 1. The zero-order valence-corrected chi connectivity index (χ0v) is 9.97. The Balaban J connectivity index is 2.21. The molecule has 88 valence electrons. The third-order valence-electron chi connectivity index (χ3n) is 3.68. The van der Waals surface area contributed by atoms with Crippen molar-refractivity contribution in [1.29, 1.82) is 0 Å². The van der Waals surface area contributed by atoms with E-state index in [2.05, 4.69) is 17.1 Å². The number of rotatable bonds is 2. The molecule has 0 aliphatic heterocycles. The van der Waals surface area contributed by atoms with Gasteiger partial charge in [0.2, 0.25) is 5.91 Å². The van der Waals surface area contributed by atoms with E-state index in [0.717, 1.165) is 23.2 Å². The number of hydrogen-bond acceptors (Lipinski definition) is 1. The van der Waals surface area contributed by atoms with Crippen LogP contribution in [-0.4, -0.2) is 10.9 Å². The molecule has 1 aliphatic rings. The highest BCUT2D eigenvalue weighted by Gasteiger charge is 2.16. The SMILES string of the molecule is Cc1[nH]c2cc3c(cc2c1CC(N)=O)CCC3. The molecule has 3 nitrogen and oxygen atoms in total. The molecule has 1 aromatic carbocycles. The maximum absolute atomic E-state index is 11.1. The molecule has 0 radical (unpaired) electrons. The molecule has 0 unspecified atom stereocenters. The lowest BCUT2D eigenvalue weighted by Gasteiger charge is -2.01. The topological polar surface area (TPSA) is 58.9 Å². The number of nitrogens with one attached hydrogen (secondary N) is 1. The Morgan fingerprint density at radius 1 is 1.35 bits per heavy atom. The number of aromatic amines is 1. The highest BCUT2D eigenvalue weighted by atomic mass is 16.1. The summed E-state index contributed by atoms with van der Waals surface area (Å²) in [5, 5.41) is 1.17. The zero-order chi connectivity index (χ0) is 12.0. The molecule has 0 fully saturated rings. The molecule has 2 aromatic rings. The number of carbonyl (C=O) groups excluding carboxylic acids is 1. The lowest BCUT2D eigenvalue weighted by Crippen LogP contribution is -2.14. The van der Waals surface area contributed by atoms with Gasteiger partial charge in [-0.2, -0.15) is 0 Å². The van der Waals surface area contributed by atoms with E-state index in [4.69, 9.17) is 5.73 Å². The first-order chi connectivity index (χ1) is 8.15. The minimum absolute atomic E-state index is 0.269. The minimum Gasteiger partial charge on any atom is -0.369 e. The first-order valence-corrected chi connectivity index (χ1v) is 6.06. The van der Waals surface area contributed by atoms with E-state index in [1.165, 1.54) is 29.4 Å². The van der Waals surface area contributed by atoms with Gasteiger partial charge in [-0.25, -0.2) is 0 Å². The summed E-state index contributed by atoms with van der Waals surface area (Å²) in [7, 11) is 0. The van der Waals surface area contributed by atoms with Crippen LogP contribution in [0.5, 0.6) is 0 Å². The average Bonchev–Trinajstić information content (AvgIpc) is 2.81. The van der Waals surface area contributed by atoms with Gasteiger partial charge in [0.1, 0.15) is 0 Å². The van der Waals surface area contributed by atoms with Crippen molar-refractivity contribution in [2.24, 2.45) is 5.73 Å². The molecule has 0 atom stereocenters. The van der Waals surface area contributed by atoms with Crippen LogP contribution in [0.15, 0.2) is 12.1 Å². The first kappa shape index (κ1) is 10.4. The fourth-order valence-electron chi connectivity index (χ4n) is 2.86. The standard InChI is InChI=1S/C14H16N2O/c1-8-11(7-14(15)17)12-5-9-3-2-4-10(9)6-13(12)16-8/h5-6,16H,2-4,7H2,1H3,(H2,15,17). The number of amides is 1. The maximum Gasteiger partial charge on any atom is 0.221 e. The highest BCUT2D eigenvalue weighted by Crippen LogP contribution is 2.30. The second-order valence-corrected chi connectivity index (χ2v) is 4.89. The number of carbonyl (C=O) groups is 1. The van der Waals surface area contributed by atoms with Crippen LogP contribution in [0.4, 0.5) is 0 Å². The van der Waals surface area contributed by atoms with E-state index < -0.39 is 0 Å². The summed E-state index contributed by atoms with van der Waals surface area (Å²) in [5.74, 6) is -0.269. The third kappa shape index (κ3) is 1.62. The Bertz CT molecular complexity index is 610. The van der Waals surface area contributed by atoms with Gasteiger partial charge < -0.3 is 10.7 Å². The van der Waals surface area contributed by atoms with E-state index >= 15 is 0 Å². The number of H-pyrrole nitrogens is 1. The number of benzene rings is 1. The van der Waals surface area contributed by atoms with Crippen LogP contribution in [0.25, 0.3) is 10.9 Å². The van der Waals surface area contributed by atoms with Crippen LogP contribution in [0.1, 0.15) is 28.8 Å². The molecule has 0 saturated carbocycles. The van der Waals surface area contributed by atoms with Gasteiger partial charge in [0.05, 0.1) is 6.42 Å². The van der Waals surface area contributed by atoms with E-state index in [1.807, 2.05) is 6.92 Å². The summed E-state index contributed by atoms with van der Waals surface area (Å²) < 4.78 is 0. The molecule has 17 heavy (non-hydrogen) atoms. The van der Waals surface area contributed by atoms with Gasteiger partial charge in [0.15, 0.2) is 0 Å². The van der Waals surface area contributed by atoms with Gasteiger partial charge >= 0.3 is 0 Å². The molecule has 1 heterocycles. The Labute approximate surface area is 100 Å². The quantitative estimate of drug-likeness (QED) is 0.811. The van der Waals surface area contributed by atoms with Crippen molar-refractivity contribution in [2.75, 3.05) is 0 Å². The molecule has 0 bridgehead atoms. The zero-order valence-electron chi connectivity index (χ0n) is 9.97. The van der Waals surface area contributed by atoms with Crippen molar-refractivity contribution in [1.82, 2.24) is 4.98 Å². The third-order valence-corrected chi connectivity index (χ3v) is 3.68. The fraction of sp³-hybridized carbons (Fsp3) is 0.357. The second kappa shape index (κ2) is 3.62. The van der Waals surface area contributed by atoms with Crippen LogP contribution < -0.4 is 5.73 Å². The number of aryl methyl sites for hydroxylation is 3. The summed E-state index contributed by atoms with van der Waals surface area (Å²) in [6.07, 6.45) is 3.90. The maximum atomic E-state index is 11.1. The van der Waals surface area contributed by atoms with Gasteiger partial charge in [-0.1, -0.05) is 0 Å². The van der Waals surface area contributed by atoms with E-state index in [-0.39, 0.29) is 5.91 Å². The van der Waals surface area contributed by atoms with E-state index in [1.54, 1.807) is 0 Å². The second-order valence-electron chi connectivity index (χ2n) is 4.89. The molecule has 1 aliphatic carbocycles. The number of fused-ring (bicyclic) bond motifs is 2. The van der Waals surface area contributed by atoms with E-state index in [9.17, 15) is 4.79 Å². The lowest BCUT2D eigenvalue weighted by molar-refractivity contribution is -0.117. The Hall–Kier alpha value is -1.77. The van der Waals surface area contributed by atoms with Gasteiger partial charge in [-0.05, 0) is 55.0 Å². The predicted molar refractivity (Wildman–Crippen MR) is 68.0 cm³/mol. The minimum atomic E-state index is -0.269. The van der Waals surface area contributed by atoms with Gasteiger partial charge in [0, 0.05) is 16.6 Å². The smallest absolute Gasteiger partial charge is 0.221 e. The molecule has 3 N–H and O–H groups in total. The van der Waals surface area contributed by atoms with Crippen LogP contribution >= 0.6 is 0 Å². The van der Waals surface area contributed by atoms with Crippen molar-refractivity contribution in [3.8, 4) is 0 Å². The number of aromatic nitrogens is 1. The Kier molecular flexibility index (Phi) is 2.21. The van der Waals surface area contributed by atoms with Gasteiger partial charge in [-0.3, -0.25) is 4.79 Å². The predicted octanol–water partition coefficient (Wildman–Crippen LogP) is 1.99. The summed E-state index contributed by atoms with van der Waals surface area (Å²) in [4.78, 5) is 14.5. The Morgan fingerprint density at radius 3 is 2.76 bits per heavy atom. The number of hydrogen-bond donors (Lipinski definition) is 2. The van der Waals surface area contributed by atoms with Crippen molar-refractivity contribution >= 4 is 16.8 Å². The molecule has 3 rings (SSSR count). The highest BCUT2D eigenvalue weighted by molar-refractivity contribution is 5.90. The first-order valence-electron chi connectivity index (χ1n) is 6.06. The van der Waals surface area contributed by atoms with Crippen molar-refractivity contribution < 1.29 is 4.79 Å². The molecule has 1 amide bonds. The molecule has 1 aromatic heterocycles. The van der Waals surface area contributed by atoms with Crippen molar-refractivity contribution in [2.45, 2.75) is 32.6 Å². The van der Waals surface area contributed by atoms with E-state index in [0.29, 0.717) is 6.42 Å². The van der Waals surface area contributed by atoms with Gasteiger partial charge in [-0.15, -0.1) is 0 Å². The molecule has 0 spiro atoms.